The van der Waals surface area contributed by atoms with Crippen molar-refractivity contribution in [2.45, 2.75) is 13.8 Å². The van der Waals surface area contributed by atoms with E-state index in [1.165, 1.54) is 20.2 Å². The van der Waals surface area contributed by atoms with Crippen molar-refractivity contribution in [2.75, 3.05) is 11.9 Å². The minimum absolute atomic E-state index is 0.0376. The number of carboxylic acid groups (broad SMARTS) is 1. The van der Waals surface area contributed by atoms with Crippen LogP contribution in [-0.4, -0.2) is 27.6 Å². The molecule has 1 aromatic rings. The number of carboxylic acids is 1. The zero-order valence-corrected chi connectivity index (χ0v) is 8.49. The minimum atomic E-state index is -0.936. The highest BCUT2D eigenvalue weighted by Gasteiger charge is 2.13. The van der Waals surface area contributed by atoms with E-state index in [1.54, 1.807) is 0 Å². The Morgan fingerprint density at radius 3 is 2.93 bits per heavy atom. The van der Waals surface area contributed by atoms with Gasteiger partial charge in [0.05, 0.1) is 11.6 Å². The SMILES string of the molecule is Cc1ncnc(NCC(C)C(=O)O)c1F. The Bertz CT molecular complexity index is 370. The molecule has 82 valence electrons. The van der Waals surface area contributed by atoms with Crippen molar-refractivity contribution in [3.05, 3.63) is 17.8 Å². The van der Waals surface area contributed by atoms with Crippen LogP contribution in [0.2, 0.25) is 0 Å². The van der Waals surface area contributed by atoms with E-state index in [4.69, 9.17) is 5.11 Å². The third-order valence-corrected chi connectivity index (χ3v) is 1.96. The lowest BCUT2D eigenvalue weighted by Crippen LogP contribution is -2.20. The molecule has 0 amide bonds. The molecular weight excluding hydrogens is 201 g/mol. The summed E-state index contributed by atoms with van der Waals surface area (Å²) in [4.78, 5) is 17.8. The molecule has 0 aliphatic rings. The van der Waals surface area contributed by atoms with Gasteiger partial charge in [0.25, 0.3) is 0 Å². The van der Waals surface area contributed by atoms with Crippen LogP contribution >= 0.6 is 0 Å². The fourth-order valence-corrected chi connectivity index (χ4v) is 0.918. The number of aliphatic carboxylic acids is 1. The van der Waals surface area contributed by atoms with Gasteiger partial charge >= 0.3 is 5.97 Å². The maximum absolute atomic E-state index is 13.3. The molecular formula is C9H12FN3O2. The van der Waals surface area contributed by atoms with Gasteiger partial charge in [0, 0.05) is 6.54 Å². The average Bonchev–Trinajstić information content (AvgIpc) is 2.19. The lowest BCUT2D eigenvalue weighted by Gasteiger charge is -2.09. The first kappa shape index (κ1) is 11.4. The van der Waals surface area contributed by atoms with Crippen LogP contribution in [0.1, 0.15) is 12.6 Å². The number of carbonyl (C=O) groups is 1. The normalized spacial score (nSPS) is 12.2. The molecule has 0 fully saturated rings. The van der Waals surface area contributed by atoms with Crippen molar-refractivity contribution < 1.29 is 14.3 Å². The van der Waals surface area contributed by atoms with Gasteiger partial charge in [0.1, 0.15) is 6.33 Å². The van der Waals surface area contributed by atoms with Crippen LogP contribution in [0.5, 0.6) is 0 Å². The topological polar surface area (TPSA) is 75.1 Å². The third kappa shape index (κ3) is 2.87. The summed E-state index contributed by atoms with van der Waals surface area (Å²) in [6, 6.07) is 0. The molecule has 6 heteroatoms. The molecule has 0 bridgehead atoms. The van der Waals surface area contributed by atoms with Crippen LogP contribution in [0, 0.1) is 18.7 Å². The van der Waals surface area contributed by atoms with Gasteiger partial charge in [-0.05, 0) is 6.92 Å². The number of hydrogen-bond acceptors (Lipinski definition) is 4. The Balaban J connectivity index is 2.66. The Kier molecular flexibility index (Phi) is 3.54. The maximum Gasteiger partial charge on any atom is 0.308 e. The number of hydrogen-bond donors (Lipinski definition) is 2. The van der Waals surface area contributed by atoms with Gasteiger partial charge in [-0.1, -0.05) is 6.92 Å². The zero-order valence-electron chi connectivity index (χ0n) is 8.49. The van der Waals surface area contributed by atoms with Crippen LogP contribution in [0.3, 0.4) is 0 Å². The van der Waals surface area contributed by atoms with E-state index >= 15 is 0 Å². The molecule has 0 aliphatic heterocycles. The molecule has 1 atom stereocenters. The molecule has 0 spiro atoms. The number of halogens is 1. The number of anilines is 1. The van der Waals surface area contributed by atoms with Crippen molar-refractivity contribution in [3.8, 4) is 0 Å². The lowest BCUT2D eigenvalue weighted by molar-refractivity contribution is -0.140. The van der Waals surface area contributed by atoms with Gasteiger partial charge in [-0.25, -0.2) is 14.4 Å². The highest BCUT2D eigenvalue weighted by Crippen LogP contribution is 2.11. The van der Waals surface area contributed by atoms with Gasteiger partial charge < -0.3 is 10.4 Å². The fraction of sp³-hybridized carbons (Fsp3) is 0.444. The Morgan fingerprint density at radius 2 is 2.33 bits per heavy atom. The zero-order chi connectivity index (χ0) is 11.4. The van der Waals surface area contributed by atoms with Crippen molar-refractivity contribution in [1.29, 1.82) is 0 Å². The fourth-order valence-electron chi connectivity index (χ4n) is 0.918. The molecule has 0 saturated carbocycles. The summed E-state index contributed by atoms with van der Waals surface area (Å²) in [5.74, 6) is -2.04. The molecule has 1 aromatic heterocycles. The Hall–Kier alpha value is -1.72. The average molecular weight is 213 g/mol. The first-order valence-corrected chi connectivity index (χ1v) is 4.46. The van der Waals surface area contributed by atoms with Gasteiger partial charge in [-0.15, -0.1) is 0 Å². The van der Waals surface area contributed by atoms with Crippen molar-refractivity contribution >= 4 is 11.8 Å². The van der Waals surface area contributed by atoms with Crippen LogP contribution in [-0.2, 0) is 4.79 Å². The maximum atomic E-state index is 13.3. The summed E-state index contributed by atoms with van der Waals surface area (Å²) < 4.78 is 13.3. The number of aromatic nitrogens is 2. The minimum Gasteiger partial charge on any atom is -0.481 e. The van der Waals surface area contributed by atoms with Crippen LogP contribution in [0.25, 0.3) is 0 Å². The number of rotatable bonds is 4. The summed E-state index contributed by atoms with van der Waals surface area (Å²) in [7, 11) is 0. The first-order chi connectivity index (χ1) is 7.02. The number of nitrogens with zero attached hydrogens (tertiary/aromatic N) is 2. The van der Waals surface area contributed by atoms with E-state index in [0.29, 0.717) is 0 Å². The Labute approximate surface area is 86.4 Å². The van der Waals surface area contributed by atoms with Crippen LogP contribution in [0.15, 0.2) is 6.33 Å². The third-order valence-electron chi connectivity index (χ3n) is 1.96. The summed E-state index contributed by atoms with van der Waals surface area (Å²) in [5.41, 5.74) is 0.232. The molecule has 1 heterocycles. The molecule has 2 N–H and O–H groups in total. The van der Waals surface area contributed by atoms with Gasteiger partial charge in [-0.2, -0.15) is 0 Å². The highest BCUT2D eigenvalue weighted by atomic mass is 19.1. The monoisotopic (exact) mass is 213 g/mol. The standard InChI is InChI=1S/C9H12FN3O2/c1-5(9(14)15)3-11-8-7(10)6(2)12-4-13-8/h4-5H,3H2,1-2H3,(H,14,15)(H,11,12,13). The predicted octanol–water partition coefficient (Wildman–Crippen LogP) is 1.06. The number of aryl methyl sites for hydroxylation is 1. The first-order valence-electron chi connectivity index (χ1n) is 4.46. The molecule has 0 aromatic carbocycles. The lowest BCUT2D eigenvalue weighted by atomic mass is 10.2. The molecule has 1 rings (SSSR count). The van der Waals surface area contributed by atoms with Gasteiger partial charge in [-0.3, -0.25) is 4.79 Å². The van der Waals surface area contributed by atoms with Gasteiger partial charge in [0.2, 0.25) is 0 Å². The second-order valence-electron chi connectivity index (χ2n) is 3.24. The summed E-state index contributed by atoms with van der Waals surface area (Å²) >= 11 is 0. The molecule has 1 unspecified atom stereocenters. The predicted molar refractivity (Wildman–Crippen MR) is 52.0 cm³/mol. The van der Waals surface area contributed by atoms with Crippen LogP contribution in [0.4, 0.5) is 10.2 Å². The van der Waals surface area contributed by atoms with Gasteiger partial charge in [0.15, 0.2) is 11.6 Å². The summed E-state index contributed by atoms with van der Waals surface area (Å²) in [6.45, 7) is 3.17. The van der Waals surface area contributed by atoms with E-state index in [0.717, 1.165) is 0 Å². The highest BCUT2D eigenvalue weighted by molar-refractivity contribution is 5.70. The van der Waals surface area contributed by atoms with E-state index in [2.05, 4.69) is 15.3 Å². The molecule has 0 radical (unpaired) electrons. The largest absolute Gasteiger partial charge is 0.481 e. The van der Waals surface area contributed by atoms with E-state index in [-0.39, 0.29) is 18.1 Å². The molecule has 0 saturated heterocycles. The quantitative estimate of drug-likeness (QED) is 0.782. The van der Waals surface area contributed by atoms with Crippen molar-refractivity contribution in [3.63, 3.8) is 0 Å². The summed E-state index contributed by atoms with van der Waals surface area (Å²) in [5, 5.41) is 11.2. The summed E-state index contributed by atoms with van der Waals surface area (Å²) in [6.07, 6.45) is 1.23. The van der Waals surface area contributed by atoms with Crippen LogP contribution < -0.4 is 5.32 Å². The van der Waals surface area contributed by atoms with E-state index in [9.17, 15) is 9.18 Å². The molecule has 0 aliphatic carbocycles. The molecule has 5 nitrogen and oxygen atoms in total. The second kappa shape index (κ2) is 4.68. The molecule has 15 heavy (non-hydrogen) atoms. The van der Waals surface area contributed by atoms with E-state index in [1.807, 2.05) is 0 Å². The van der Waals surface area contributed by atoms with Crippen molar-refractivity contribution in [1.82, 2.24) is 9.97 Å². The van der Waals surface area contributed by atoms with E-state index < -0.39 is 17.7 Å². The van der Waals surface area contributed by atoms with Crippen molar-refractivity contribution in [2.24, 2.45) is 5.92 Å². The Morgan fingerprint density at radius 1 is 1.67 bits per heavy atom. The smallest absolute Gasteiger partial charge is 0.308 e. The second-order valence-corrected chi connectivity index (χ2v) is 3.24. The number of nitrogens with one attached hydrogen (secondary N) is 1.